The molecule has 0 bridgehead atoms. The second-order valence-corrected chi connectivity index (χ2v) is 3.53. The third-order valence-electron chi connectivity index (χ3n) is 1.40. The van der Waals surface area contributed by atoms with Gasteiger partial charge in [-0.15, -0.1) is 0 Å². The van der Waals surface area contributed by atoms with Crippen LogP contribution >= 0.6 is 11.6 Å². The number of nitrogens with one attached hydrogen (secondary N) is 1. The van der Waals surface area contributed by atoms with Crippen LogP contribution in [-0.4, -0.2) is 21.5 Å². The smallest absolute Gasteiger partial charge is 0.227 e. The van der Waals surface area contributed by atoms with E-state index < -0.39 is 0 Å². The number of anilines is 1. The van der Waals surface area contributed by atoms with Gasteiger partial charge in [-0.05, 0) is 28.2 Å². The molecule has 0 aliphatic carbocycles. The Morgan fingerprint density at radius 3 is 2.80 bits per heavy atom. The van der Waals surface area contributed by atoms with Crippen molar-refractivity contribution in [3.63, 3.8) is 0 Å². The zero-order chi connectivity index (χ0) is 11.3. The van der Waals surface area contributed by atoms with Crippen molar-refractivity contribution in [1.82, 2.24) is 15.0 Å². The average molecular weight is 228 g/mol. The third kappa shape index (κ3) is 3.97. The van der Waals surface area contributed by atoms with Gasteiger partial charge in [-0.1, -0.05) is 13.8 Å². The van der Waals surface area contributed by atoms with Crippen LogP contribution in [0.3, 0.4) is 0 Å². The molecule has 1 N–H and O–H groups in total. The summed E-state index contributed by atoms with van der Waals surface area (Å²) in [4.78, 5) is 13.9. The van der Waals surface area contributed by atoms with Crippen molar-refractivity contribution in [3.8, 4) is 0 Å². The maximum absolute atomic E-state index is 8.21. The quantitative estimate of drug-likeness (QED) is 0.485. The summed E-state index contributed by atoms with van der Waals surface area (Å²) in [6, 6.07) is 0. The molecule has 1 aromatic heterocycles. The molecule has 1 rings (SSSR count). The van der Waals surface area contributed by atoms with Gasteiger partial charge in [-0.2, -0.15) is 15.0 Å². The first-order chi connectivity index (χ1) is 7.11. The number of rotatable bonds is 4. The Kier molecular flexibility index (Phi) is 4.08. The number of azide groups is 1. The Bertz CT molecular complexity index is 385. The van der Waals surface area contributed by atoms with Gasteiger partial charge in [0.15, 0.2) is 0 Å². The van der Waals surface area contributed by atoms with Crippen molar-refractivity contribution in [2.75, 3.05) is 11.9 Å². The Balaban J connectivity index is 2.83. The topological polar surface area (TPSA) is 99.5 Å². The molecule has 0 radical (unpaired) electrons. The minimum absolute atomic E-state index is 0.00124. The zero-order valence-electron chi connectivity index (χ0n) is 8.35. The van der Waals surface area contributed by atoms with Gasteiger partial charge in [-0.3, -0.25) is 0 Å². The van der Waals surface area contributed by atoms with Crippen LogP contribution in [0.5, 0.6) is 0 Å². The van der Waals surface area contributed by atoms with E-state index >= 15 is 0 Å². The molecule has 0 atom stereocenters. The Hall–Kier alpha value is -1.59. The van der Waals surface area contributed by atoms with Crippen LogP contribution in [0.15, 0.2) is 5.11 Å². The predicted molar refractivity (Wildman–Crippen MR) is 57.0 cm³/mol. The molecule has 8 heteroatoms. The van der Waals surface area contributed by atoms with E-state index in [1.54, 1.807) is 0 Å². The lowest BCUT2D eigenvalue weighted by molar-refractivity contribution is 0.684. The number of aromatic nitrogens is 3. The summed E-state index contributed by atoms with van der Waals surface area (Å²) < 4.78 is 0. The molecule has 1 aromatic rings. The van der Waals surface area contributed by atoms with Crippen LogP contribution in [0.2, 0.25) is 5.28 Å². The van der Waals surface area contributed by atoms with Gasteiger partial charge in [-0.25, -0.2) is 0 Å². The molecule has 0 fully saturated rings. The lowest BCUT2D eigenvalue weighted by Crippen LogP contribution is -2.10. The average Bonchev–Trinajstić information content (AvgIpc) is 2.14. The van der Waals surface area contributed by atoms with Crippen LogP contribution in [0, 0.1) is 5.92 Å². The Morgan fingerprint density at radius 2 is 2.20 bits per heavy atom. The predicted octanol–water partition coefficient (Wildman–Crippen LogP) is 2.53. The highest BCUT2D eigenvalue weighted by Crippen LogP contribution is 2.12. The summed E-state index contributed by atoms with van der Waals surface area (Å²) in [5.41, 5.74) is 8.21. The SMILES string of the molecule is CC(C)CNc1nc(Cl)nc(N=[N+]=[N-])n1. The highest BCUT2D eigenvalue weighted by molar-refractivity contribution is 6.28. The normalized spacial score (nSPS) is 9.87. The van der Waals surface area contributed by atoms with Crippen LogP contribution < -0.4 is 5.32 Å². The summed E-state index contributed by atoms with van der Waals surface area (Å²) in [5, 5.41) is 6.20. The maximum Gasteiger partial charge on any atom is 0.227 e. The fourth-order valence-corrected chi connectivity index (χ4v) is 0.954. The highest BCUT2D eigenvalue weighted by atomic mass is 35.5. The van der Waals surface area contributed by atoms with Crippen molar-refractivity contribution in [2.45, 2.75) is 13.8 Å². The van der Waals surface area contributed by atoms with E-state index in [4.69, 9.17) is 17.1 Å². The molecule has 0 amide bonds. The number of hydrogen-bond acceptors (Lipinski definition) is 5. The molecule has 0 aromatic carbocycles. The number of nitrogens with zero attached hydrogens (tertiary/aromatic N) is 6. The molecule has 0 unspecified atom stereocenters. The molecule has 0 aliphatic rings. The molecule has 7 nitrogen and oxygen atoms in total. The second kappa shape index (κ2) is 5.33. The van der Waals surface area contributed by atoms with Gasteiger partial charge >= 0.3 is 0 Å². The Morgan fingerprint density at radius 1 is 1.47 bits per heavy atom. The number of hydrogen-bond donors (Lipinski definition) is 1. The molecule has 0 saturated heterocycles. The molecular weight excluding hydrogens is 218 g/mol. The fourth-order valence-electron chi connectivity index (χ4n) is 0.799. The van der Waals surface area contributed by atoms with Gasteiger partial charge in [0.1, 0.15) is 0 Å². The summed E-state index contributed by atoms with van der Waals surface area (Å²) in [5.74, 6) is 0.721. The summed E-state index contributed by atoms with van der Waals surface area (Å²) in [6.07, 6.45) is 0. The van der Waals surface area contributed by atoms with Crippen LogP contribution in [0.1, 0.15) is 13.8 Å². The molecule has 1 heterocycles. The van der Waals surface area contributed by atoms with E-state index in [0.29, 0.717) is 18.4 Å². The van der Waals surface area contributed by atoms with E-state index in [1.165, 1.54) is 0 Å². The van der Waals surface area contributed by atoms with Crippen molar-refractivity contribution in [2.24, 2.45) is 11.0 Å². The maximum atomic E-state index is 8.21. The van der Waals surface area contributed by atoms with Crippen LogP contribution in [0.4, 0.5) is 11.9 Å². The molecule has 0 aliphatic heterocycles. The summed E-state index contributed by atoms with van der Waals surface area (Å²) >= 11 is 5.62. The molecule has 15 heavy (non-hydrogen) atoms. The first kappa shape index (κ1) is 11.5. The standard InChI is InChI=1S/C7H10ClN7/c1-4(2)3-10-6-11-5(8)12-7(13-6)14-15-9/h4H,3H2,1-2H3,(H,10,11,12,13). The van der Waals surface area contributed by atoms with E-state index in [0.717, 1.165) is 0 Å². The largest absolute Gasteiger partial charge is 0.354 e. The van der Waals surface area contributed by atoms with Crippen molar-refractivity contribution in [1.29, 1.82) is 0 Å². The first-order valence-corrected chi connectivity index (χ1v) is 4.70. The van der Waals surface area contributed by atoms with Gasteiger partial charge in [0.05, 0.1) is 0 Å². The molecule has 0 spiro atoms. The lowest BCUT2D eigenvalue weighted by atomic mass is 10.2. The second-order valence-electron chi connectivity index (χ2n) is 3.19. The van der Waals surface area contributed by atoms with Gasteiger partial charge in [0, 0.05) is 11.5 Å². The zero-order valence-corrected chi connectivity index (χ0v) is 9.10. The molecular formula is C7H10ClN7. The van der Waals surface area contributed by atoms with E-state index in [2.05, 4.69) is 30.3 Å². The molecule has 80 valence electrons. The monoisotopic (exact) mass is 227 g/mol. The van der Waals surface area contributed by atoms with E-state index in [-0.39, 0.29) is 11.2 Å². The van der Waals surface area contributed by atoms with E-state index in [9.17, 15) is 0 Å². The van der Waals surface area contributed by atoms with Crippen molar-refractivity contribution < 1.29 is 0 Å². The van der Waals surface area contributed by atoms with Crippen molar-refractivity contribution >= 4 is 23.5 Å². The summed E-state index contributed by atoms with van der Waals surface area (Å²) in [6.45, 7) is 4.80. The van der Waals surface area contributed by atoms with Crippen molar-refractivity contribution in [3.05, 3.63) is 15.7 Å². The summed E-state index contributed by atoms with van der Waals surface area (Å²) in [7, 11) is 0. The fraction of sp³-hybridized carbons (Fsp3) is 0.571. The minimum Gasteiger partial charge on any atom is -0.354 e. The van der Waals surface area contributed by atoms with Gasteiger partial charge < -0.3 is 5.32 Å². The number of halogens is 1. The highest BCUT2D eigenvalue weighted by Gasteiger charge is 2.03. The third-order valence-corrected chi connectivity index (χ3v) is 1.57. The van der Waals surface area contributed by atoms with E-state index in [1.807, 2.05) is 13.8 Å². The van der Waals surface area contributed by atoms with Crippen LogP contribution in [0.25, 0.3) is 10.4 Å². The minimum atomic E-state index is -0.0382. The van der Waals surface area contributed by atoms with Gasteiger partial charge in [0.25, 0.3) is 0 Å². The lowest BCUT2D eigenvalue weighted by Gasteiger charge is -2.06. The van der Waals surface area contributed by atoms with Crippen LogP contribution in [-0.2, 0) is 0 Å². The first-order valence-electron chi connectivity index (χ1n) is 4.32. The van der Waals surface area contributed by atoms with Gasteiger partial charge in [0.2, 0.25) is 17.2 Å². The molecule has 0 saturated carbocycles. The Labute approximate surface area is 91.5 Å².